The molecule has 0 aliphatic carbocycles. The van der Waals surface area contributed by atoms with Crippen molar-refractivity contribution in [1.82, 2.24) is 5.32 Å². The van der Waals surface area contributed by atoms with Crippen LogP contribution in [0.5, 0.6) is 0 Å². The summed E-state index contributed by atoms with van der Waals surface area (Å²) in [5, 5.41) is 127. The first-order chi connectivity index (χ1) is 24.4. The van der Waals surface area contributed by atoms with Crippen LogP contribution in [0.3, 0.4) is 0 Å². The van der Waals surface area contributed by atoms with Crippen molar-refractivity contribution in [2.75, 3.05) is 26.4 Å². The zero-order valence-corrected chi connectivity index (χ0v) is 27.9. The fourth-order valence-corrected chi connectivity index (χ4v) is 6.68. The van der Waals surface area contributed by atoms with Crippen LogP contribution in [0.25, 0.3) is 0 Å². The Morgan fingerprint density at radius 2 is 1.00 bits per heavy atom. The number of ether oxygens (including phenoxy) is 7. The van der Waals surface area contributed by atoms with E-state index in [9.17, 15) is 74.5 Å². The van der Waals surface area contributed by atoms with E-state index in [1.807, 2.05) is 0 Å². The Bertz CT molecular complexity index is 1270. The molecule has 26 heteroatoms. The quantitative estimate of drug-likeness (QED) is 0.0770. The third kappa shape index (κ3) is 9.50. The molecule has 0 spiro atoms. The maximum Gasteiger partial charge on any atom is 0.397 e. The first-order valence-corrected chi connectivity index (χ1v) is 17.1. The van der Waals surface area contributed by atoms with Crippen molar-refractivity contribution >= 4 is 16.3 Å². The van der Waals surface area contributed by atoms with Crippen LogP contribution in [0, 0.1) is 0 Å². The van der Waals surface area contributed by atoms with E-state index in [0.29, 0.717) is 0 Å². The van der Waals surface area contributed by atoms with Gasteiger partial charge in [0.25, 0.3) is 0 Å². The normalized spacial score (nSPS) is 47.6. The minimum absolute atomic E-state index is 0.789. The first kappa shape index (κ1) is 43.3. The van der Waals surface area contributed by atoms with Gasteiger partial charge in [-0.25, -0.2) is 4.18 Å². The molecule has 4 saturated heterocycles. The fraction of sp³-hybridized carbons (Fsp3) is 0.962. The highest BCUT2D eigenvalue weighted by Gasteiger charge is 2.56. The lowest BCUT2D eigenvalue weighted by molar-refractivity contribution is -0.382. The van der Waals surface area contributed by atoms with Crippen molar-refractivity contribution < 1.29 is 116 Å². The molecule has 0 saturated carbocycles. The zero-order chi connectivity index (χ0) is 38.8. The van der Waals surface area contributed by atoms with Crippen molar-refractivity contribution in [1.29, 1.82) is 0 Å². The molecular formula is C26H45NO24S. The second-order valence-electron chi connectivity index (χ2n) is 12.4. The van der Waals surface area contributed by atoms with E-state index in [-0.39, 0.29) is 0 Å². The van der Waals surface area contributed by atoms with E-state index in [1.165, 1.54) is 0 Å². The van der Waals surface area contributed by atoms with Crippen LogP contribution >= 0.6 is 0 Å². The highest BCUT2D eigenvalue weighted by Crippen LogP contribution is 2.34. The SMILES string of the molecule is CC(=O)N[C@H]1[C@H](O[C@H]2[C@@H](O)[C@H](O)[C@@H](CO)O[C@H]2O)O[C@H](CO)[C@@H](O[C@@H]2O[C@H](CO)[C@H](O)[C@H](O[C@@H]3O[C@H](CO)[C@@H](O)[C@H](OS(=O)(=O)O)[C@H]3O)[C@H]2O)[C@@H]1O. The molecule has 4 rings (SSSR count). The average molecular weight is 788 g/mol. The van der Waals surface area contributed by atoms with Crippen LogP contribution in [0.15, 0.2) is 0 Å². The molecule has 0 unspecified atom stereocenters. The molecule has 0 aromatic rings. The lowest BCUT2D eigenvalue weighted by Crippen LogP contribution is -2.69. The molecule has 52 heavy (non-hydrogen) atoms. The molecule has 0 aromatic heterocycles. The summed E-state index contributed by atoms with van der Waals surface area (Å²) in [5.41, 5.74) is 0. The number of amides is 1. The van der Waals surface area contributed by atoms with Gasteiger partial charge in [0.15, 0.2) is 25.2 Å². The van der Waals surface area contributed by atoms with Gasteiger partial charge in [-0.1, -0.05) is 0 Å². The predicted octanol–water partition coefficient (Wildman–Crippen LogP) is -9.78. The first-order valence-electron chi connectivity index (χ1n) is 15.8. The molecule has 4 aliphatic rings. The van der Waals surface area contributed by atoms with E-state index < -0.39 is 165 Å². The van der Waals surface area contributed by atoms with Crippen LogP contribution in [-0.2, 0) is 52.5 Å². The Morgan fingerprint density at radius 3 is 1.50 bits per heavy atom. The van der Waals surface area contributed by atoms with Gasteiger partial charge in [-0.2, -0.15) is 8.42 Å². The van der Waals surface area contributed by atoms with Gasteiger partial charge >= 0.3 is 10.4 Å². The Hall–Kier alpha value is -1.42. The van der Waals surface area contributed by atoms with Crippen molar-refractivity contribution in [2.24, 2.45) is 0 Å². The summed E-state index contributed by atoms with van der Waals surface area (Å²) in [6.07, 6.45) is -36.2. The monoisotopic (exact) mass is 787 g/mol. The minimum atomic E-state index is -5.31. The summed E-state index contributed by atoms with van der Waals surface area (Å²) in [6, 6.07) is -1.66. The number of hydrogen-bond acceptors (Lipinski definition) is 23. The number of rotatable bonds is 13. The third-order valence-electron chi connectivity index (χ3n) is 8.82. The Balaban J connectivity index is 1.56. The zero-order valence-electron chi connectivity index (χ0n) is 27.1. The molecule has 4 fully saturated rings. The Labute approximate surface area is 294 Å². The summed E-state index contributed by atoms with van der Waals surface area (Å²) in [6.45, 7) is -2.74. The van der Waals surface area contributed by atoms with Gasteiger partial charge in [-0.15, -0.1) is 0 Å². The Morgan fingerprint density at radius 1 is 0.558 bits per heavy atom. The standard InChI is InChI=1S/C26H45NO24S/c1-6(32)27-11-15(36)19(10(5-31)47-24(11)50-22-16(37)12(33)7(2-28)44-23(22)40)48-25-17(38)20(13(34)8(3-29)45-25)49-26-18(39)21(51-52(41,42)43)14(35)9(4-30)46-26/h7-26,28-31,33-40H,2-5H2,1H3,(H,27,32)(H,41,42,43)/t7-,8-,9-,10-,11-,12-,13+,14-,15-,16+,17-,18-,19-,20+,21+,22+,23-,24+,25+,26+/m1/s1. The number of carbonyl (C=O) groups is 1. The van der Waals surface area contributed by atoms with Gasteiger partial charge in [0.2, 0.25) is 5.91 Å². The smallest absolute Gasteiger partial charge is 0.394 e. The lowest BCUT2D eigenvalue weighted by atomic mass is 9.94. The molecule has 0 aromatic carbocycles. The largest absolute Gasteiger partial charge is 0.397 e. The van der Waals surface area contributed by atoms with Crippen molar-refractivity contribution in [2.45, 2.75) is 130 Å². The fourth-order valence-electron chi connectivity index (χ4n) is 6.17. The molecule has 0 bridgehead atoms. The van der Waals surface area contributed by atoms with Gasteiger partial charge in [-0.3, -0.25) is 9.35 Å². The maximum atomic E-state index is 12.1. The summed E-state index contributed by atoms with van der Waals surface area (Å²) in [5.74, 6) is -0.789. The van der Waals surface area contributed by atoms with Gasteiger partial charge in [0.1, 0.15) is 97.6 Å². The Kier molecular flexibility index (Phi) is 15.0. The molecule has 25 nitrogen and oxygen atoms in total. The van der Waals surface area contributed by atoms with Crippen LogP contribution in [0.2, 0.25) is 0 Å². The second-order valence-corrected chi connectivity index (χ2v) is 13.4. The number of carbonyl (C=O) groups excluding carboxylic acids is 1. The summed E-state index contributed by atoms with van der Waals surface area (Å²) < 4.78 is 74.4. The molecule has 0 radical (unpaired) electrons. The van der Waals surface area contributed by atoms with Crippen molar-refractivity contribution in [3.63, 3.8) is 0 Å². The van der Waals surface area contributed by atoms with Gasteiger partial charge in [-0.05, 0) is 0 Å². The van der Waals surface area contributed by atoms with Crippen molar-refractivity contribution in [3.05, 3.63) is 0 Å². The molecule has 20 atom stereocenters. The van der Waals surface area contributed by atoms with Crippen LogP contribution in [0.1, 0.15) is 6.92 Å². The van der Waals surface area contributed by atoms with E-state index >= 15 is 0 Å². The topological polar surface area (TPSA) is 400 Å². The lowest BCUT2D eigenvalue weighted by Gasteiger charge is -2.49. The van der Waals surface area contributed by atoms with Gasteiger partial charge in [0.05, 0.1) is 26.4 Å². The molecule has 4 heterocycles. The highest BCUT2D eigenvalue weighted by atomic mass is 32.3. The van der Waals surface area contributed by atoms with Gasteiger partial charge in [0, 0.05) is 6.92 Å². The third-order valence-corrected chi connectivity index (χ3v) is 9.28. The summed E-state index contributed by atoms with van der Waals surface area (Å²) in [7, 11) is -5.31. The van der Waals surface area contributed by atoms with E-state index in [2.05, 4.69) is 9.50 Å². The predicted molar refractivity (Wildman–Crippen MR) is 156 cm³/mol. The molecule has 4 aliphatic heterocycles. The van der Waals surface area contributed by atoms with Crippen LogP contribution in [0.4, 0.5) is 0 Å². The molecule has 1 amide bonds. The van der Waals surface area contributed by atoms with E-state index in [1.54, 1.807) is 0 Å². The van der Waals surface area contributed by atoms with Crippen LogP contribution in [-0.4, -0.2) is 229 Å². The average Bonchev–Trinajstić information content (AvgIpc) is 3.08. The summed E-state index contributed by atoms with van der Waals surface area (Å²) >= 11 is 0. The maximum absolute atomic E-state index is 12.1. The van der Waals surface area contributed by atoms with E-state index in [0.717, 1.165) is 6.92 Å². The minimum Gasteiger partial charge on any atom is -0.394 e. The number of hydrogen-bond donors (Lipinski definition) is 14. The second kappa shape index (κ2) is 18.0. The molecule has 14 N–H and O–H groups in total. The van der Waals surface area contributed by atoms with Crippen LogP contribution < -0.4 is 5.32 Å². The number of aliphatic hydroxyl groups excluding tert-OH is 12. The molecular weight excluding hydrogens is 742 g/mol. The van der Waals surface area contributed by atoms with Crippen molar-refractivity contribution in [3.8, 4) is 0 Å². The van der Waals surface area contributed by atoms with Gasteiger partial charge < -0.3 is 99.8 Å². The number of aliphatic hydroxyl groups is 12. The molecule has 304 valence electrons. The number of nitrogens with one attached hydrogen (secondary N) is 1. The highest BCUT2D eigenvalue weighted by molar-refractivity contribution is 7.80. The summed E-state index contributed by atoms with van der Waals surface area (Å²) in [4.78, 5) is 12.1. The van der Waals surface area contributed by atoms with E-state index in [4.69, 9.17) is 37.7 Å².